The van der Waals surface area contributed by atoms with Gasteiger partial charge in [-0.2, -0.15) is 0 Å². The molecule has 3 aliphatic rings. The fourth-order valence-corrected chi connectivity index (χ4v) is 4.24. The Morgan fingerprint density at radius 3 is 3.05 bits per heavy atom. The van der Waals surface area contributed by atoms with Gasteiger partial charge in [-0.15, -0.1) is 0 Å². The van der Waals surface area contributed by atoms with Gasteiger partial charge >= 0.3 is 0 Å². The molecule has 0 unspecified atom stereocenters. The molecule has 3 heteroatoms. The number of para-hydroxylation sites is 1. The topological polar surface area (TPSA) is 29.5 Å². The van der Waals surface area contributed by atoms with Crippen LogP contribution in [0.15, 0.2) is 24.3 Å². The zero-order valence-corrected chi connectivity index (χ0v) is 11.3. The number of carbonyl (C=O) groups excluding carboxylic acids is 1. The second-order valence-electron chi connectivity index (χ2n) is 6.22. The van der Waals surface area contributed by atoms with Crippen LogP contribution in [0.1, 0.15) is 44.1 Å². The zero-order chi connectivity index (χ0) is 13.0. The van der Waals surface area contributed by atoms with Gasteiger partial charge in [-0.3, -0.25) is 4.79 Å². The lowest BCUT2D eigenvalue weighted by atomic mass is 9.80. The predicted molar refractivity (Wildman–Crippen MR) is 73.3 cm³/mol. The molecule has 4 rings (SSSR count). The molecule has 100 valence electrons. The van der Waals surface area contributed by atoms with Crippen LogP contribution in [0.5, 0.6) is 0 Å². The van der Waals surface area contributed by atoms with Crippen molar-refractivity contribution in [3.05, 3.63) is 29.8 Å². The third-order valence-electron chi connectivity index (χ3n) is 5.11. The van der Waals surface area contributed by atoms with Gasteiger partial charge in [-0.1, -0.05) is 18.2 Å². The SMILES string of the molecule is C[C@]12C[C@H]3CCC(=O)N3c3ccccc3[C@H]1CCO2. The van der Waals surface area contributed by atoms with Crippen molar-refractivity contribution in [3.63, 3.8) is 0 Å². The van der Waals surface area contributed by atoms with E-state index in [1.807, 2.05) is 11.0 Å². The number of fused-ring (bicyclic) bond motifs is 5. The van der Waals surface area contributed by atoms with E-state index in [9.17, 15) is 4.79 Å². The van der Waals surface area contributed by atoms with Crippen molar-refractivity contribution in [3.8, 4) is 0 Å². The van der Waals surface area contributed by atoms with Crippen LogP contribution in [-0.4, -0.2) is 24.2 Å². The van der Waals surface area contributed by atoms with Crippen molar-refractivity contribution in [2.24, 2.45) is 0 Å². The summed E-state index contributed by atoms with van der Waals surface area (Å²) in [5.41, 5.74) is 2.34. The lowest BCUT2D eigenvalue weighted by molar-refractivity contribution is -0.117. The van der Waals surface area contributed by atoms with Crippen LogP contribution >= 0.6 is 0 Å². The van der Waals surface area contributed by atoms with Crippen molar-refractivity contribution in [1.82, 2.24) is 0 Å². The van der Waals surface area contributed by atoms with Gasteiger partial charge in [0.05, 0.1) is 5.60 Å². The van der Waals surface area contributed by atoms with Gasteiger partial charge in [-0.05, 0) is 37.8 Å². The molecule has 3 heterocycles. The van der Waals surface area contributed by atoms with Crippen molar-refractivity contribution in [2.75, 3.05) is 11.5 Å². The van der Waals surface area contributed by atoms with Crippen LogP contribution in [0.3, 0.4) is 0 Å². The van der Waals surface area contributed by atoms with Crippen molar-refractivity contribution in [1.29, 1.82) is 0 Å². The van der Waals surface area contributed by atoms with Crippen molar-refractivity contribution in [2.45, 2.75) is 50.2 Å². The van der Waals surface area contributed by atoms with Gasteiger partial charge < -0.3 is 9.64 Å². The molecule has 0 spiro atoms. The first-order chi connectivity index (χ1) is 9.19. The number of benzene rings is 1. The first-order valence-corrected chi connectivity index (χ1v) is 7.24. The summed E-state index contributed by atoms with van der Waals surface area (Å²) in [5.74, 6) is 0.711. The highest BCUT2D eigenvalue weighted by atomic mass is 16.5. The molecule has 1 amide bonds. The summed E-state index contributed by atoms with van der Waals surface area (Å²) in [6, 6.07) is 8.73. The van der Waals surface area contributed by atoms with Gasteiger partial charge in [0.1, 0.15) is 0 Å². The molecule has 19 heavy (non-hydrogen) atoms. The summed E-state index contributed by atoms with van der Waals surface area (Å²) in [6.07, 6.45) is 3.69. The average Bonchev–Trinajstić information content (AvgIpc) is 2.91. The fraction of sp³-hybridized carbons (Fsp3) is 0.562. The van der Waals surface area contributed by atoms with Gasteiger partial charge in [-0.25, -0.2) is 0 Å². The quantitative estimate of drug-likeness (QED) is 0.715. The van der Waals surface area contributed by atoms with Crippen LogP contribution in [-0.2, 0) is 9.53 Å². The predicted octanol–water partition coefficient (Wildman–Crippen LogP) is 2.85. The molecule has 3 nitrogen and oxygen atoms in total. The second kappa shape index (κ2) is 3.83. The highest BCUT2D eigenvalue weighted by Crippen LogP contribution is 2.51. The maximum atomic E-state index is 12.2. The third kappa shape index (κ3) is 1.51. The second-order valence-corrected chi connectivity index (χ2v) is 6.22. The monoisotopic (exact) mass is 257 g/mol. The van der Waals surface area contributed by atoms with E-state index in [0.29, 0.717) is 18.4 Å². The minimum absolute atomic E-state index is 0.0971. The minimum atomic E-state index is -0.0971. The number of ether oxygens (including phenoxy) is 1. The summed E-state index contributed by atoms with van der Waals surface area (Å²) in [5, 5.41) is 0. The number of hydrogen-bond acceptors (Lipinski definition) is 2. The smallest absolute Gasteiger partial charge is 0.227 e. The van der Waals surface area contributed by atoms with Crippen LogP contribution in [0.2, 0.25) is 0 Å². The van der Waals surface area contributed by atoms with Crippen LogP contribution in [0, 0.1) is 0 Å². The maximum absolute atomic E-state index is 12.2. The molecule has 0 N–H and O–H groups in total. The van der Waals surface area contributed by atoms with E-state index in [-0.39, 0.29) is 11.5 Å². The Hall–Kier alpha value is -1.35. The molecule has 1 aromatic carbocycles. The molecule has 0 radical (unpaired) electrons. The van der Waals surface area contributed by atoms with Gasteiger partial charge in [0, 0.05) is 30.7 Å². The zero-order valence-electron chi connectivity index (χ0n) is 11.3. The van der Waals surface area contributed by atoms with E-state index < -0.39 is 0 Å². The van der Waals surface area contributed by atoms with E-state index in [1.165, 1.54) is 5.56 Å². The number of rotatable bonds is 0. The molecule has 3 atom stereocenters. The Balaban J connectivity index is 1.92. The Morgan fingerprint density at radius 2 is 2.16 bits per heavy atom. The Bertz CT molecular complexity index is 541. The Morgan fingerprint density at radius 1 is 1.32 bits per heavy atom. The highest BCUT2D eigenvalue weighted by Gasteiger charge is 2.49. The Kier molecular flexibility index (Phi) is 2.31. The molecular weight excluding hydrogens is 238 g/mol. The third-order valence-corrected chi connectivity index (χ3v) is 5.11. The summed E-state index contributed by atoms with van der Waals surface area (Å²) in [7, 11) is 0. The summed E-state index contributed by atoms with van der Waals surface area (Å²) >= 11 is 0. The highest BCUT2D eigenvalue weighted by molar-refractivity contribution is 5.97. The molecule has 0 aromatic heterocycles. The molecule has 0 bridgehead atoms. The summed E-state index contributed by atoms with van der Waals surface area (Å²) < 4.78 is 6.09. The standard InChI is InChI=1S/C16H19NO2/c1-16-10-11-6-7-15(18)17(11)14-5-3-2-4-12(14)13(16)8-9-19-16/h2-5,11,13H,6-10H2,1H3/t11-,13-,16+/m1/s1. The van der Waals surface area contributed by atoms with Crippen molar-refractivity contribution >= 4 is 11.6 Å². The Labute approximate surface area is 113 Å². The maximum Gasteiger partial charge on any atom is 0.227 e. The van der Waals surface area contributed by atoms with Crippen LogP contribution in [0.4, 0.5) is 5.69 Å². The van der Waals surface area contributed by atoms with E-state index >= 15 is 0 Å². The number of nitrogens with zero attached hydrogens (tertiary/aromatic N) is 1. The van der Waals surface area contributed by atoms with Crippen LogP contribution in [0.25, 0.3) is 0 Å². The van der Waals surface area contributed by atoms with E-state index in [1.54, 1.807) is 0 Å². The van der Waals surface area contributed by atoms with Crippen molar-refractivity contribution < 1.29 is 9.53 Å². The molecule has 2 fully saturated rings. The lowest BCUT2D eigenvalue weighted by Gasteiger charge is -2.31. The molecule has 1 aromatic rings. The van der Waals surface area contributed by atoms with E-state index in [4.69, 9.17) is 4.74 Å². The molecule has 0 aliphatic carbocycles. The molecule has 0 saturated carbocycles. The van der Waals surface area contributed by atoms with E-state index in [2.05, 4.69) is 25.1 Å². The number of anilines is 1. The summed E-state index contributed by atoms with van der Waals surface area (Å²) in [4.78, 5) is 14.3. The first kappa shape index (κ1) is 11.5. The lowest BCUT2D eigenvalue weighted by Crippen LogP contribution is -2.38. The number of carbonyl (C=O) groups is 1. The number of hydrogen-bond donors (Lipinski definition) is 0. The van der Waals surface area contributed by atoms with Gasteiger partial charge in [0.2, 0.25) is 5.91 Å². The first-order valence-electron chi connectivity index (χ1n) is 7.24. The minimum Gasteiger partial charge on any atom is -0.375 e. The molecular formula is C16H19NO2. The van der Waals surface area contributed by atoms with Crippen LogP contribution < -0.4 is 4.90 Å². The average molecular weight is 257 g/mol. The fourth-order valence-electron chi connectivity index (χ4n) is 4.24. The normalized spacial score (nSPS) is 36.7. The van der Waals surface area contributed by atoms with Gasteiger partial charge in [0.25, 0.3) is 0 Å². The largest absolute Gasteiger partial charge is 0.375 e. The number of amides is 1. The molecule has 3 aliphatic heterocycles. The molecule has 2 saturated heterocycles. The summed E-state index contributed by atoms with van der Waals surface area (Å²) in [6.45, 7) is 3.07. The van der Waals surface area contributed by atoms with E-state index in [0.717, 1.165) is 31.6 Å². The van der Waals surface area contributed by atoms with Gasteiger partial charge in [0.15, 0.2) is 0 Å².